The van der Waals surface area contributed by atoms with Gasteiger partial charge in [-0.3, -0.25) is 4.79 Å². The van der Waals surface area contributed by atoms with E-state index in [1.54, 1.807) is 7.11 Å². The van der Waals surface area contributed by atoms with E-state index in [2.05, 4.69) is 12.2 Å². The number of likely N-dealkylation sites (tertiary alicyclic amines) is 1. The molecule has 2 rings (SSSR count). The monoisotopic (exact) mass is 276 g/mol. The largest absolute Gasteiger partial charge is 0.496 e. The average molecular weight is 276 g/mol. The zero-order valence-corrected chi connectivity index (χ0v) is 12.4. The average Bonchev–Trinajstić information content (AvgIpc) is 2.53. The van der Waals surface area contributed by atoms with Crippen LogP contribution in [0.5, 0.6) is 5.75 Å². The molecular formula is C16H24N2O2. The van der Waals surface area contributed by atoms with Crippen molar-refractivity contribution in [1.82, 2.24) is 10.2 Å². The molecule has 1 unspecified atom stereocenters. The van der Waals surface area contributed by atoms with Crippen LogP contribution in [0.2, 0.25) is 0 Å². The maximum atomic E-state index is 12.1. The minimum Gasteiger partial charge on any atom is -0.496 e. The van der Waals surface area contributed by atoms with Crippen LogP contribution < -0.4 is 10.1 Å². The van der Waals surface area contributed by atoms with Crippen molar-refractivity contribution in [2.45, 2.75) is 32.2 Å². The third kappa shape index (κ3) is 3.73. The summed E-state index contributed by atoms with van der Waals surface area (Å²) in [6, 6.07) is 8.01. The third-order valence-corrected chi connectivity index (χ3v) is 3.87. The molecule has 0 spiro atoms. The van der Waals surface area contributed by atoms with Gasteiger partial charge < -0.3 is 15.0 Å². The fraction of sp³-hybridized carbons (Fsp3) is 0.562. The van der Waals surface area contributed by atoms with Gasteiger partial charge in [-0.05, 0) is 32.3 Å². The SMILES string of the molecule is COc1ccccc1C(C)NCC(=O)N1CCCCC1. The smallest absolute Gasteiger partial charge is 0.236 e. The Labute approximate surface area is 121 Å². The van der Waals surface area contributed by atoms with Crippen molar-refractivity contribution in [3.05, 3.63) is 29.8 Å². The number of methoxy groups -OCH3 is 1. The van der Waals surface area contributed by atoms with Gasteiger partial charge in [0.2, 0.25) is 5.91 Å². The van der Waals surface area contributed by atoms with Crippen LogP contribution in [0.25, 0.3) is 0 Å². The highest BCUT2D eigenvalue weighted by Gasteiger charge is 2.17. The summed E-state index contributed by atoms with van der Waals surface area (Å²) in [7, 11) is 1.67. The summed E-state index contributed by atoms with van der Waals surface area (Å²) in [5.74, 6) is 1.06. The Morgan fingerprint density at radius 2 is 2.00 bits per heavy atom. The Morgan fingerprint density at radius 3 is 2.70 bits per heavy atom. The van der Waals surface area contributed by atoms with E-state index in [1.807, 2.05) is 29.2 Å². The van der Waals surface area contributed by atoms with Crippen molar-refractivity contribution >= 4 is 5.91 Å². The van der Waals surface area contributed by atoms with Gasteiger partial charge in [-0.2, -0.15) is 0 Å². The van der Waals surface area contributed by atoms with Gasteiger partial charge in [0.25, 0.3) is 0 Å². The van der Waals surface area contributed by atoms with Crippen LogP contribution in [0, 0.1) is 0 Å². The molecule has 1 saturated heterocycles. The first-order valence-corrected chi connectivity index (χ1v) is 7.36. The summed E-state index contributed by atoms with van der Waals surface area (Å²) >= 11 is 0. The first-order chi connectivity index (χ1) is 9.72. The molecule has 1 heterocycles. The lowest BCUT2D eigenvalue weighted by Crippen LogP contribution is -2.41. The Balaban J connectivity index is 1.88. The van der Waals surface area contributed by atoms with Crippen LogP contribution in [0.1, 0.15) is 37.8 Å². The predicted octanol–water partition coefficient (Wildman–Crippen LogP) is 2.36. The third-order valence-electron chi connectivity index (χ3n) is 3.87. The first-order valence-electron chi connectivity index (χ1n) is 7.36. The highest BCUT2D eigenvalue weighted by molar-refractivity contribution is 5.78. The number of ether oxygens (including phenoxy) is 1. The predicted molar refractivity (Wildman–Crippen MR) is 79.8 cm³/mol. The van der Waals surface area contributed by atoms with Gasteiger partial charge in [-0.15, -0.1) is 0 Å². The normalized spacial score (nSPS) is 16.8. The summed E-state index contributed by atoms with van der Waals surface area (Å²) in [5, 5.41) is 3.30. The van der Waals surface area contributed by atoms with Crippen LogP contribution in [-0.2, 0) is 4.79 Å². The summed E-state index contributed by atoms with van der Waals surface area (Å²) in [4.78, 5) is 14.1. The van der Waals surface area contributed by atoms with E-state index < -0.39 is 0 Å². The van der Waals surface area contributed by atoms with E-state index in [4.69, 9.17) is 4.74 Å². The van der Waals surface area contributed by atoms with E-state index in [9.17, 15) is 4.79 Å². The number of nitrogens with one attached hydrogen (secondary N) is 1. The van der Waals surface area contributed by atoms with E-state index in [-0.39, 0.29) is 11.9 Å². The number of carbonyl (C=O) groups is 1. The van der Waals surface area contributed by atoms with Gasteiger partial charge >= 0.3 is 0 Å². The number of amides is 1. The number of hydrogen-bond donors (Lipinski definition) is 1. The molecule has 0 bridgehead atoms. The molecule has 4 nitrogen and oxygen atoms in total. The molecule has 1 fully saturated rings. The number of benzene rings is 1. The second-order valence-corrected chi connectivity index (χ2v) is 5.29. The highest BCUT2D eigenvalue weighted by Crippen LogP contribution is 2.24. The number of carbonyl (C=O) groups excluding carboxylic acids is 1. The van der Waals surface area contributed by atoms with Crippen molar-refractivity contribution < 1.29 is 9.53 Å². The van der Waals surface area contributed by atoms with E-state index in [0.29, 0.717) is 6.54 Å². The molecular weight excluding hydrogens is 252 g/mol. The van der Waals surface area contributed by atoms with Crippen molar-refractivity contribution in [1.29, 1.82) is 0 Å². The van der Waals surface area contributed by atoms with Crippen LogP contribution >= 0.6 is 0 Å². The van der Waals surface area contributed by atoms with Crippen molar-refractivity contribution in [3.63, 3.8) is 0 Å². The van der Waals surface area contributed by atoms with Gasteiger partial charge in [0.05, 0.1) is 13.7 Å². The zero-order chi connectivity index (χ0) is 14.4. The molecule has 110 valence electrons. The molecule has 1 aliphatic rings. The molecule has 0 saturated carbocycles. The molecule has 20 heavy (non-hydrogen) atoms. The lowest BCUT2D eigenvalue weighted by Gasteiger charge is -2.27. The lowest BCUT2D eigenvalue weighted by atomic mass is 10.1. The summed E-state index contributed by atoms with van der Waals surface area (Å²) in [6.07, 6.45) is 3.51. The minimum absolute atomic E-state index is 0.0971. The topological polar surface area (TPSA) is 41.6 Å². The van der Waals surface area contributed by atoms with Crippen LogP contribution in [0.15, 0.2) is 24.3 Å². The Hall–Kier alpha value is -1.55. The maximum absolute atomic E-state index is 12.1. The Morgan fingerprint density at radius 1 is 1.30 bits per heavy atom. The van der Waals surface area contributed by atoms with Crippen molar-refractivity contribution in [3.8, 4) is 5.75 Å². The van der Waals surface area contributed by atoms with E-state index >= 15 is 0 Å². The molecule has 1 aromatic carbocycles. The number of hydrogen-bond acceptors (Lipinski definition) is 3. The second-order valence-electron chi connectivity index (χ2n) is 5.29. The quantitative estimate of drug-likeness (QED) is 0.897. The molecule has 1 atom stereocenters. The number of para-hydroxylation sites is 1. The van der Waals surface area contributed by atoms with Crippen LogP contribution in [0.3, 0.4) is 0 Å². The molecule has 4 heteroatoms. The molecule has 1 aliphatic heterocycles. The molecule has 0 radical (unpaired) electrons. The van der Waals surface area contributed by atoms with E-state index in [1.165, 1.54) is 6.42 Å². The fourth-order valence-electron chi connectivity index (χ4n) is 2.63. The van der Waals surface area contributed by atoms with Crippen LogP contribution in [-0.4, -0.2) is 37.6 Å². The molecule has 0 aliphatic carbocycles. The van der Waals surface area contributed by atoms with Crippen molar-refractivity contribution in [2.75, 3.05) is 26.7 Å². The standard InChI is InChI=1S/C16H24N2O2/c1-13(14-8-4-5-9-15(14)20-2)17-12-16(19)18-10-6-3-7-11-18/h4-5,8-9,13,17H,3,6-7,10-12H2,1-2H3. The summed E-state index contributed by atoms with van der Waals surface area (Å²) < 4.78 is 5.35. The van der Waals surface area contributed by atoms with E-state index in [0.717, 1.165) is 37.2 Å². The second kappa shape index (κ2) is 7.29. The first kappa shape index (κ1) is 14.9. The number of piperidine rings is 1. The minimum atomic E-state index is 0.0971. The Kier molecular flexibility index (Phi) is 5.41. The van der Waals surface area contributed by atoms with Crippen LogP contribution in [0.4, 0.5) is 0 Å². The number of nitrogens with zero attached hydrogens (tertiary/aromatic N) is 1. The summed E-state index contributed by atoms with van der Waals surface area (Å²) in [6.45, 7) is 4.26. The summed E-state index contributed by atoms with van der Waals surface area (Å²) in [5.41, 5.74) is 1.08. The molecule has 1 aromatic rings. The fourth-order valence-corrected chi connectivity index (χ4v) is 2.63. The van der Waals surface area contributed by atoms with Gasteiger partial charge in [0.1, 0.15) is 5.75 Å². The van der Waals surface area contributed by atoms with Gasteiger partial charge in [0.15, 0.2) is 0 Å². The maximum Gasteiger partial charge on any atom is 0.236 e. The van der Waals surface area contributed by atoms with Gasteiger partial charge in [0, 0.05) is 24.7 Å². The number of rotatable bonds is 5. The lowest BCUT2D eigenvalue weighted by molar-refractivity contribution is -0.131. The zero-order valence-electron chi connectivity index (χ0n) is 12.4. The Bertz CT molecular complexity index is 442. The molecule has 1 amide bonds. The van der Waals surface area contributed by atoms with Gasteiger partial charge in [-0.25, -0.2) is 0 Å². The highest BCUT2D eigenvalue weighted by atomic mass is 16.5. The molecule has 0 aromatic heterocycles. The molecule has 1 N–H and O–H groups in total. The van der Waals surface area contributed by atoms with Crippen molar-refractivity contribution in [2.24, 2.45) is 0 Å². The van der Waals surface area contributed by atoms with Gasteiger partial charge in [-0.1, -0.05) is 18.2 Å².